The van der Waals surface area contributed by atoms with Gasteiger partial charge in [0.25, 0.3) is 0 Å². The highest BCUT2D eigenvalue weighted by Crippen LogP contribution is 2.44. The Balaban J connectivity index is 1.02. The highest BCUT2D eigenvalue weighted by atomic mass is 14.2. The first-order valence-corrected chi connectivity index (χ1v) is 19.5. The van der Waals surface area contributed by atoms with E-state index in [-0.39, 0.29) is 0 Å². The fourth-order valence-electron chi connectivity index (χ4n) is 9.61. The maximum absolute atomic E-state index is 2.39. The number of rotatable bonds is 4. The van der Waals surface area contributed by atoms with E-state index < -0.39 is 0 Å². The van der Waals surface area contributed by atoms with Crippen molar-refractivity contribution in [3.05, 3.63) is 206 Å². The molecule has 0 unspecified atom stereocenters. The van der Waals surface area contributed by atoms with Gasteiger partial charge in [0, 0.05) is 0 Å². The Morgan fingerprint density at radius 1 is 0.179 bits per heavy atom. The molecular formula is C56H34. The van der Waals surface area contributed by atoms with Crippen molar-refractivity contribution >= 4 is 75.4 Å². The van der Waals surface area contributed by atoms with Crippen LogP contribution in [0.15, 0.2) is 206 Å². The Kier molecular flexibility index (Phi) is 6.73. The van der Waals surface area contributed by atoms with Crippen molar-refractivity contribution in [2.24, 2.45) is 0 Å². The summed E-state index contributed by atoms with van der Waals surface area (Å²) < 4.78 is 0. The van der Waals surface area contributed by atoms with Gasteiger partial charge in [0.1, 0.15) is 0 Å². The van der Waals surface area contributed by atoms with Crippen LogP contribution < -0.4 is 0 Å². The van der Waals surface area contributed by atoms with Crippen molar-refractivity contribution in [1.82, 2.24) is 0 Å². The van der Waals surface area contributed by atoms with Crippen molar-refractivity contribution in [3.8, 4) is 44.5 Å². The molecule has 12 aromatic carbocycles. The van der Waals surface area contributed by atoms with E-state index in [1.165, 1.54) is 120 Å². The van der Waals surface area contributed by atoms with Gasteiger partial charge in [0.2, 0.25) is 0 Å². The molecule has 0 heteroatoms. The van der Waals surface area contributed by atoms with Gasteiger partial charge in [-0.3, -0.25) is 0 Å². The largest absolute Gasteiger partial charge is 0.0616 e. The number of hydrogen-bond acceptors (Lipinski definition) is 0. The summed E-state index contributed by atoms with van der Waals surface area (Å²) in [5.41, 5.74) is 9.98. The van der Waals surface area contributed by atoms with Crippen LogP contribution in [0, 0.1) is 0 Å². The Morgan fingerprint density at radius 2 is 0.518 bits per heavy atom. The van der Waals surface area contributed by atoms with E-state index in [0.717, 1.165) is 0 Å². The first-order chi connectivity index (χ1) is 27.8. The van der Waals surface area contributed by atoms with E-state index in [1.807, 2.05) is 0 Å². The van der Waals surface area contributed by atoms with Gasteiger partial charge in [-0.2, -0.15) is 0 Å². The minimum Gasteiger partial charge on any atom is -0.0616 e. The molecule has 0 fully saturated rings. The molecule has 0 spiro atoms. The predicted octanol–water partition coefficient (Wildman–Crippen LogP) is 15.9. The quantitative estimate of drug-likeness (QED) is 0.160. The van der Waals surface area contributed by atoms with Crippen molar-refractivity contribution in [1.29, 1.82) is 0 Å². The summed E-state index contributed by atoms with van der Waals surface area (Å²) in [7, 11) is 0. The molecule has 0 heterocycles. The van der Waals surface area contributed by atoms with Crippen LogP contribution in [0.2, 0.25) is 0 Å². The molecule has 56 heavy (non-hydrogen) atoms. The van der Waals surface area contributed by atoms with Gasteiger partial charge in [-0.25, -0.2) is 0 Å². The molecule has 0 nitrogen and oxygen atoms in total. The molecule has 0 radical (unpaired) electrons. The fourth-order valence-corrected chi connectivity index (χ4v) is 9.61. The average molecular weight is 707 g/mol. The van der Waals surface area contributed by atoms with Crippen molar-refractivity contribution in [2.45, 2.75) is 0 Å². The van der Waals surface area contributed by atoms with Gasteiger partial charge in [0.05, 0.1) is 0 Å². The minimum atomic E-state index is 1.23. The van der Waals surface area contributed by atoms with E-state index in [1.54, 1.807) is 0 Å². The van der Waals surface area contributed by atoms with Crippen molar-refractivity contribution < 1.29 is 0 Å². The smallest absolute Gasteiger partial charge is 0.00203 e. The van der Waals surface area contributed by atoms with Crippen LogP contribution >= 0.6 is 0 Å². The summed E-state index contributed by atoms with van der Waals surface area (Å²) in [4.78, 5) is 0. The summed E-state index contributed by atoms with van der Waals surface area (Å²) in [6.45, 7) is 0. The first kappa shape index (κ1) is 31.1. The Labute approximate surface area is 324 Å². The number of hydrogen-bond donors (Lipinski definition) is 0. The second kappa shape index (κ2) is 12.1. The summed E-state index contributed by atoms with van der Waals surface area (Å²) in [6.07, 6.45) is 0. The average Bonchev–Trinajstić information content (AvgIpc) is 3.27. The second-order valence-electron chi connectivity index (χ2n) is 15.2. The van der Waals surface area contributed by atoms with Gasteiger partial charge >= 0.3 is 0 Å². The van der Waals surface area contributed by atoms with Crippen LogP contribution in [0.3, 0.4) is 0 Å². The lowest BCUT2D eigenvalue weighted by atomic mass is 9.86. The van der Waals surface area contributed by atoms with Crippen molar-refractivity contribution in [2.75, 3.05) is 0 Å². The third-order valence-corrected chi connectivity index (χ3v) is 12.2. The standard InChI is InChI=1S/C56H34/c1-3-17-47-35(9-1)21-23-37-11-7-19-49(53(37)47)43-15-5-13-41(33-43)45-29-25-39-28-32-52-46(30-26-40-27-31-51(45)55(39)56(40)52)42-14-6-16-44(34-42)50-20-8-12-38-24-22-36-10-2-4-18-48(36)54(38)50/h1-34H. The zero-order valence-electron chi connectivity index (χ0n) is 30.6. The number of benzene rings is 12. The summed E-state index contributed by atoms with van der Waals surface area (Å²) in [5.74, 6) is 0. The van der Waals surface area contributed by atoms with E-state index >= 15 is 0 Å². The molecule has 12 aromatic rings. The van der Waals surface area contributed by atoms with Crippen molar-refractivity contribution in [3.63, 3.8) is 0 Å². The predicted molar refractivity (Wildman–Crippen MR) is 242 cm³/mol. The lowest BCUT2D eigenvalue weighted by molar-refractivity contribution is 1.63. The van der Waals surface area contributed by atoms with Crippen LogP contribution in [0.5, 0.6) is 0 Å². The minimum absolute atomic E-state index is 1.23. The van der Waals surface area contributed by atoms with Gasteiger partial charge in [-0.05, 0) is 132 Å². The first-order valence-electron chi connectivity index (χ1n) is 19.5. The van der Waals surface area contributed by atoms with Gasteiger partial charge < -0.3 is 0 Å². The lowest BCUT2D eigenvalue weighted by Crippen LogP contribution is -1.90. The van der Waals surface area contributed by atoms with E-state index in [0.29, 0.717) is 0 Å². The van der Waals surface area contributed by atoms with Crippen LogP contribution in [0.1, 0.15) is 0 Å². The lowest BCUT2D eigenvalue weighted by Gasteiger charge is -2.17. The third-order valence-electron chi connectivity index (χ3n) is 12.2. The maximum Gasteiger partial charge on any atom is -0.00203 e. The third kappa shape index (κ3) is 4.66. The van der Waals surface area contributed by atoms with Crippen LogP contribution in [0.4, 0.5) is 0 Å². The molecule has 0 saturated heterocycles. The highest BCUT2D eigenvalue weighted by Gasteiger charge is 2.17. The van der Waals surface area contributed by atoms with E-state index in [2.05, 4.69) is 206 Å². The molecule has 0 bridgehead atoms. The van der Waals surface area contributed by atoms with Gasteiger partial charge in [0.15, 0.2) is 0 Å². The molecule has 258 valence electrons. The molecule has 0 amide bonds. The van der Waals surface area contributed by atoms with Crippen LogP contribution in [0.25, 0.3) is 120 Å². The molecule has 0 N–H and O–H groups in total. The molecule has 0 saturated carbocycles. The molecular weight excluding hydrogens is 673 g/mol. The Bertz CT molecular complexity index is 3290. The zero-order valence-corrected chi connectivity index (χ0v) is 30.6. The molecule has 0 aliphatic heterocycles. The topological polar surface area (TPSA) is 0 Å². The normalized spacial score (nSPS) is 11.9. The molecule has 0 aliphatic rings. The zero-order chi connectivity index (χ0) is 36.7. The Morgan fingerprint density at radius 3 is 1.00 bits per heavy atom. The summed E-state index contributed by atoms with van der Waals surface area (Å²) >= 11 is 0. The van der Waals surface area contributed by atoms with Crippen LogP contribution in [-0.4, -0.2) is 0 Å². The molecule has 12 rings (SSSR count). The SMILES string of the molecule is c1cc(-c2ccc3ccc4c(-c5cccc(-c6cccc7ccc8ccccc8c67)c5)ccc5ccc2c3c54)cc(-c2cccc3ccc4ccccc4c23)c1. The van der Waals surface area contributed by atoms with Crippen LogP contribution in [-0.2, 0) is 0 Å². The second-order valence-corrected chi connectivity index (χ2v) is 15.2. The van der Waals surface area contributed by atoms with E-state index in [4.69, 9.17) is 0 Å². The number of fused-ring (bicyclic) bond motifs is 6. The molecule has 0 aliphatic carbocycles. The molecule has 0 aromatic heterocycles. The summed E-state index contributed by atoms with van der Waals surface area (Å²) in [5, 5.41) is 18.0. The monoisotopic (exact) mass is 706 g/mol. The highest BCUT2D eigenvalue weighted by molar-refractivity contribution is 6.28. The maximum atomic E-state index is 2.39. The Hall–Kier alpha value is -7.28. The summed E-state index contributed by atoms with van der Waals surface area (Å²) in [6, 6.07) is 76.6. The van der Waals surface area contributed by atoms with E-state index in [9.17, 15) is 0 Å². The fraction of sp³-hybridized carbons (Fsp3) is 0. The van der Waals surface area contributed by atoms with Gasteiger partial charge in [-0.15, -0.1) is 0 Å². The molecule has 0 atom stereocenters. The van der Waals surface area contributed by atoms with Gasteiger partial charge in [-0.1, -0.05) is 194 Å².